The number of nitrogens with two attached hydrogens (primary N) is 1. The van der Waals surface area contributed by atoms with Gasteiger partial charge in [-0.1, -0.05) is 35.8 Å². The standard InChI is InChI=1S/C16H19N3O/c17-10-16(8-3-9-16)15-18-14(19-20-15)13-7-6-11-4-1-2-5-12(11)13/h1-2,4-5,13H,3,6-10,17H2. The van der Waals surface area contributed by atoms with Gasteiger partial charge in [0.15, 0.2) is 5.82 Å². The van der Waals surface area contributed by atoms with Gasteiger partial charge in [-0.25, -0.2) is 0 Å². The molecule has 1 saturated carbocycles. The zero-order chi connectivity index (χ0) is 13.6. The quantitative estimate of drug-likeness (QED) is 0.930. The van der Waals surface area contributed by atoms with Crippen molar-refractivity contribution in [3.05, 3.63) is 47.1 Å². The molecule has 1 atom stereocenters. The van der Waals surface area contributed by atoms with Gasteiger partial charge < -0.3 is 10.3 Å². The summed E-state index contributed by atoms with van der Waals surface area (Å²) in [6, 6.07) is 8.57. The smallest absolute Gasteiger partial charge is 0.234 e. The lowest BCUT2D eigenvalue weighted by Crippen LogP contribution is -2.41. The first-order chi connectivity index (χ1) is 9.82. The third-order valence-corrected chi connectivity index (χ3v) is 5.04. The lowest BCUT2D eigenvalue weighted by Gasteiger charge is -2.36. The molecular formula is C16H19N3O. The summed E-state index contributed by atoms with van der Waals surface area (Å²) in [5.41, 5.74) is 8.65. The van der Waals surface area contributed by atoms with Crippen LogP contribution in [-0.4, -0.2) is 16.7 Å². The summed E-state index contributed by atoms with van der Waals surface area (Å²) in [7, 11) is 0. The molecule has 0 saturated heterocycles. The maximum atomic E-state index is 5.91. The first-order valence-corrected chi connectivity index (χ1v) is 7.44. The predicted molar refractivity (Wildman–Crippen MR) is 75.5 cm³/mol. The number of benzene rings is 1. The Balaban J connectivity index is 1.67. The van der Waals surface area contributed by atoms with Crippen LogP contribution in [0.2, 0.25) is 0 Å². The summed E-state index contributed by atoms with van der Waals surface area (Å²) >= 11 is 0. The van der Waals surface area contributed by atoms with Gasteiger partial charge in [0.05, 0.1) is 5.41 Å². The summed E-state index contributed by atoms with van der Waals surface area (Å²) in [6.07, 6.45) is 5.54. The van der Waals surface area contributed by atoms with Crippen LogP contribution in [0, 0.1) is 0 Å². The maximum absolute atomic E-state index is 5.91. The number of aryl methyl sites for hydroxylation is 1. The molecule has 20 heavy (non-hydrogen) atoms. The SMILES string of the molecule is NCC1(c2nc(C3CCc4ccccc43)no2)CCC1. The Morgan fingerprint density at radius 2 is 2.15 bits per heavy atom. The van der Waals surface area contributed by atoms with Crippen LogP contribution >= 0.6 is 0 Å². The van der Waals surface area contributed by atoms with Crippen molar-refractivity contribution in [2.75, 3.05) is 6.54 Å². The number of hydrogen-bond acceptors (Lipinski definition) is 4. The van der Waals surface area contributed by atoms with E-state index in [0.29, 0.717) is 12.5 Å². The molecule has 0 spiro atoms. The van der Waals surface area contributed by atoms with Crippen LogP contribution in [0.5, 0.6) is 0 Å². The van der Waals surface area contributed by atoms with E-state index in [1.54, 1.807) is 0 Å². The highest BCUT2D eigenvalue weighted by molar-refractivity contribution is 5.38. The topological polar surface area (TPSA) is 64.9 Å². The van der Waals surface area contributed by atoms with E-state index in [1.165, 1.54) is 17.5 Å². The molecule has 0 radical (unpaired) electrons. The minimum atomic E-state index is -0.0383. The van der Waals surface area contributed by atoms with Crippen LogP contribution in [0.1, 0.15) is 54.4 Å². The molecule has 2 aliphatic carbocycles. The highest BCUT2D eigenvalue weighted by atomic mass is 16.5. The molecule has 0 amide bonds. The van der Waals surface area contributed by atoms with Crippen LogP contribution in [0.4, 0.5) is 0 Å². The Kier molecular flexibility index (Phi) is 2.67. The van der Waals surface area contributed by atoms with Crippen molar-refractivity contribution in [1.82, 2.24) is 10.1 Å². The number of fused-ring (bicyclic) bond motifs is 1. The molecule has 4 heteroatoms. The van der Waals surface area contributed by atoms with Crippen molar-refractivity contribution in [1.29, 1.82) is 0 Å². The molecule has 1 aromatic carbocycles. The minimum Gasteiger partial charge on any atom is -0.339 e. The van der Waals surface area contributed by atoms with Gasteiger partial charge in [0, 0.05) is 12.5 Å². The average molecular weight is 269 g/mol. The Hall–Kier alpha value is -1.68. The predicted octanol–water partition coefficient (Wildman–Crippen LogP) is 2.53. The molecule has 4 nitrogen and oxygen atoms in total. The highest BCUT2D eigenvalue weighted by Crippen LogP contribution is 2.43. The molecule has 104 valence electrons. The second kappa shape index (κ2) is 4.42. The normalized spacial score (nSPS) is 23.4. The molecule has 1 fully saturated rings. The fourth-order valence-corrected chi connectivity index (χ4v) is 3.53. The van der Waals surface area contributed by atoms with Gasteiger partial charge in [-0.2, -0.15) is 4.98 Å². The lowest BCUT2D eigenvalue weighted by atomic mass is 9.69. The third kappa shape index (κ3) is 1.64. The summed E-state index contributed by atoms with van der Waals surface area (Å²) in [6.45, 7) is 0.607. The first-order valence-electron chi connectivity index (χ1n) is 7.44. The molecule has 0 aliphatic heterocycles. The fraction of sp³-hybridized carbons (Fsp3) is 0.500. The van der Waals surface area contributed by atoms with Gasteiger partial charge >= 0.3 is 0 Å². The average Bonchev–Trinajstić information content (AvgIpc) is 3.04. The minimum absolute atomic E-state index is 0.0383. The monoisotopic (exact) mass is 269 g/mol. The van der Waals surface area contributed by atoms with Crippen molar-refractivity contribution in [3.63, 3.8) is 0 Å². The van der Waals surface area contributed by atoms with Gasteiger partial charge in [0.25, 0.3) is 0 Å². The van der Waals surface area contributed by atoms with Crippen molar-refractivity contribution in [2.45, 2.75) is 43.4 Å². The van der Waals surface area contributed by atoms with Gasteiger partial charge in [-0.15, -0.1) is 0 Å². The van der Waals surface area contributed by atoms with Crippen molar-refractivity contribution in [2.24, 2.45) is 5.73 Å². The van der Waals surface area contributed by atoms with E-state index in [1.807, 2.05) is 0 Å². The molecule has 1 heterocycles. The second-order valence-electron chi connectivity index (χ2n) is 6.09. The van der Waals surface area contributed by atoms with E-state index in [2.05, 4.69) is 29.4 Å². The molecule has 1 unspecified atom stereocenters. The van der Waals surface area contributed by atoms with Gasteiger partial charge in [-0.05, 0) is 36.8 Å². The lowest BCUT2D eigenvalue weighted by molar-refractivity contribution is 0.181. The Bertz CT molecular complexity index is 625. The zero-order valence-electron chi connectivity index (χ0n) is 11.5. The molecule has 2 aliphatic rings. The summed E-state index contributed by atoms with van der Waals surface area (Å²) < 4.78 is 5.55. The Morgan fingerprint density at radius 3 is 2.90 bits per heavy atom. The van der Waals surface area contributed by atoms with Crippen LogP contribution in [-0.2, 0) is 11.8 Å². The van der Waals surface area contributed by atoms with Gasteiger partial charge in [0.1, 0.15) is 0 Å². The van der Waals surface area contributed by atoms with Crippen LogP contribution in [0.15, 0.2) is 28.8 Å². The molecule has 0 bridgehead atoms. The number of rotatable bonds is 3. The zero-order valence-corrected chi connectivity index (χ0v) is 11.5. The van der Waals surface area contributed by atoms with Crippen molar-refractivity contribution < 1.29 is 4.52 Å². The van der Waals surface area contributed by atoms with E-state index < -0.39 is 0 Å². The van der Waals surface area contributed by atoms with Gasteiger partial charge in [0.2, 0.25) is 5.89 Å². The summed E-state index contributed by atoms with van der Waals surface area (Å²) in [5.74, 6) is 1.88. The van der Waals surface area contributed by atoms with Crippen LogP contribution in [0.25, 0.3) is 0 Å². The second-order valence-corrected chi connectivity index (χ2v) is 6.09. The third-order valence-electron chi connectivity index (χ3n) is 5.04. The van der Waals surface area contributed by atoms with Crippen molar-refractivity contribution >= 4 is 0 Å². The highest BCUT2D eigenvalue weighted by Gasteiger charge is 2.43. The molecule has 4 rings (SSSR count). The van der Waals surface area contributed by atoms with E-state index >= 15 is 0 Å². The first kappa shape index (κ1) is 12.1. The summed E-state index contributed by atoms with van der Waals surface area (Å²) in [5, 5.41) is 4.25. The molecule has 2 N–H and O–H groups in total. The van der Waals surface area contributed by atoms with Gasteiger partial charge in [-0.3, -0.25) is 0 Å². The number of nitrogens with zero attached hydrogens (tertiary/aromatic N) is 2. The van der Waals surface area contributed by atoms with E-state index in [4.69, 9.17) is 15.2 Å². The van der Waals surface area contributed by atoms with E-state index in [-0.39, 0.29) is 5.41 Å². The number of hydrogen-bond donors (Lipinski definition) is 1. The van der Waals surface area contributed by atoms with Crippen LogP contribution < -0.4 is 5.73 Å². The summed E-state index contributed by atoms with van der Waals surface area (Å²) in [4.78, 5) is 4.70. The Labute approximate surface area is 118 Å². The fourth-order valence-electron chi connectivity index (χ4n) is 3.53. The van der Waals surface area contributed by atoms with E-state index in [0.717, 1.165) is 37.4 Å². The maximum Gasteiger partial charge on any atom is 0.234 e. The van der Waals surface area contributed by atoms with E-state index in [9.17, 15) is 0 Å². The molecule has 2 aromatic rings. The largest absolute Gasteiger partial charge is 0.339 e. The molecular weight excluding hydrogens is 250 g/mol. The van der Waals surface area contributed by atoms with Crippen LogP contribution in [0.3, 0.4) is 0 Å². The number of aromatic nitrogens is 2. The Morgan fingerprint density at radius 1 is 1.30 bits per heavy atom. The molecule has 1 aromatic heterocycles. The van der Waals surface area contributed by atoms with Crippen molar-refractivity contribution in [3.8, 4) is 0 Å².